The minimum atomic E-state index is -0.564. The van der Waals surface area contributed by atoms with E-state index in [0.717, 1.165) is 21.2 Å². The summed E-state index contributed by atoms with van der Waals surface area (Å²) in [6.07, 6.45) is 2.03. The topological polar surface area (TPSA) is 74.2 Å². The van der Waals surface area contributed by atoms with Gasteiger partial charge in [0.05, 0.1) is 11.6 Å². The number of cyclic esters (lactones) is 1. The van der Waals surface area contributed by atoms with Crippen LogP contribution in [0.15, 0.2) is 77.4 Å². The van der Waals surface area contributed by atoms with Crippen LogP contribution in [-0.2, 0) is 16.0 Å². The molecule has 1 aliphatic rings. The molecule has 5 rings (SSSR count). The van der Waals surface area contributed by atoms with Gasteiger partial charge in [0.2, 0.25) is 5.90 Å². The normalized spacial score (nSPS) is 14.1. The van der Waals surface area contributed by atoms with Gasteiger partial charge in [-0.3, -0.25) is 0 Å². The maximum absolute atomic E-state index is 13.0. The van der Waals surface area contributed by atoms with Crippen LogP contribution in [0.5, 0.6) is 11.5 Å². The Hall–Kier alpha value is -3.94. The van der Waals surface area contributed by atoms with E-state index >= 15 is 0 Å². The zero-order valence-corrected chi connectivity index (χ0v) is 21.7. The Kier molecular flexibility index (Phi) is 7.08. The number of carbonyl (C=O) groups excluding carboxylic acids is 2. The highest BCUT2D eigenvalue weighted by Gasteiger charge is 2.24. The third-order valence-corrected chi connectivity index (χ3v) is 7.24. The van der Waals surface area contributed by atoms with Crippen LogP contribution in [-0.4, -0.2) is 24.4 Å². The molecule has 0 radical (unpaired) electrons. The van der Waals surface area contributed by atoms with Crippen molar-refractivity contribution in [3.63, 3.8) is 0 Å². The molecule has 0 aliphatic carbocycles. The first kappa shape index (κ1) is 24.7. The monoisotopic (exact) mass is 531 g/mol. The van der Waals surface area contributed by atoms with Crippen molar-refractivity contribution in [1.29, 1.82) is 0 Å². The van der Waals surface area contributed by atoms with E-state index in [9.17, 15) is 9.59 Å². The van der Waals surface area contributed by atoms with Gasteiger partial charge in [0.15, 0.2) is 17.2 Å². The number of esters is 2. The number of aliphatic imine (C=N–C) groups is 1. The highest BCUT2D eigenvalue weighted by Crippen LogP contribution is 2.38. The number of benzene rings is 3. The number of halogens is 1. The second-order valence-electron chi connectivity index (χ2n) is 8.36. The van der Waals surface area contributed by atoms with Crippen molar-refractivity contribution >= 4 is 56.9 Å². The van der Waals surface area contributed by atoms with Gasteiger partial charge in [0.25, 0.3) is 0 Å². The fourth-order valence-electron chi connectivity index (χ4n) is 3.87. The third kappa shape index (κ3) is 5.43. The lowest BCUT2D eigenvalue weighted by Crippen LogP contribution is -2.08. The molecule has 3 aromatic carbocycles. The van der Waals surface area contributed by atoms with E-state index in [1.165, 1.54) is 11.3 Å². The van der Waals surface area contributed by atoms with E-state index in [1.807, 2.05) is 62.4 Å². The molecule has 37 heavy (non-hydrogen) atoms. The zero-order valence-electron chi connectivity index (χ0n) is 20.1. The number of rotatable bonds is 7. The van der Waals surface area contributed by atoms with E-state index in [0.29, 0.717) is 40.1 Å². The van der Waals surface area contributed by atoms with Crippen LogP contribution in [0.4, 0.5) is 0 Å². The van der Waals surface area contributed by atoms with Crippen LogP contribution in [0, 0.1) is 6.92 Å². The molecule has 0 fully saturated rings. The van der Waals surface area contributed by atoms with Crippen molar-refractivity contribution in [2.24, 2.45) is 4.99 Å². The summed E-state index contributed by atoms with van der Waals surface area (Å²) in [7, 11) is 0. The number of carbonyl (C=O) groups is 2. The van der Waals surface area contributed by atoms with E-state index < -0.39 is 11.9 Å². The highest BCUT2D eigenvalue weighted by molar-refractivity contribution is 7.21. The third-order valence-electron chi connectivity index (χ3n) is 5.61. The number of thiophene rings is 1. The quantitative estimate of drug-likeness (QED) is 0.145. The summed E-state index contributed by atoms with van der Waals surface area (Å²) in [6, 6.07) is 20.5. The van der Waals surface area contributed by atoms with Gasteiger partial charge in [-0.05, 0) is 54.8 Å². The molecule has 0 atom stereocenters. The summed E-state index contributed by atoms with van der Waals surface area (Å²) < 4.78 is 17.6. The Morgan fingerprint density at radius 1 is 1.08 bits per heavy atom. The lowest BCUT2D eigenvalue weighted by molar-refractivity contribution is -0.130. The molecule has 8 heteroatoms. The lowest BCUT2D eigenvalue weighted by Gasteiger charge is -2.11. The molecule has 0 saturated heterocycles. The summed E-state index contributed by atoms with van der Waals surface area (Å²) in [4.78, 5) is 30.0. The predicted octanol–water partition coefficient (Wildman–Crippen LogP) is 7.02. The summed E-state index contributed by atoms with van der Waals surface area (Å²) >= 11 is 7.77. The molecule has 1 aliphatic heterocycles. The van der Waals surface area contributed by atoms with Gasteiger partial charge in [-0.2, -0.15) is 0 Å². The van der Waals surface area contributed by atoms with E-state index in [4.69, 9.17) is 25.8 Å². The molecule has 1 aromatic heterocycles. The van der Waals surface area contributed by atoms with Crippen LogP contribution < -0.4 is 9.47 Å². The standard InChI is InChI=1S/C29H22ClNO5S/c1-3-34-23-15-19(14-21-28(32)36-25(31-21)16-18-7-5-4-6-8-18)10-12-22(23)35-29(33)27-26(30)20-11-9-17(2)13-24(20)37-27/h4-15H,3,16H2,1-2H3/b21-14+. The Bertz CT molecular complexity index is 1570. The smallest absolute Gasteiger partial charge is 0.363 e. The fraction of sp³-hybridized carbons (Fsp3) is 0.138. The summed E-state index contributed by atoms with van der Waals surface area (Å²) in [5, 5.41) is 1.18. The van der Waals surface area contributed by atoms with Crippen molar-refractivity contribution in [3.05, 3.63) is 99.0 Å². The van der Waals surface area contributed by atoms with Gasteiger partial charge in [0.1, 0.15) is 4.88 Å². The summed E-state index contributed by atoms with van der Waals surface area (Å²) in [6.45, 7) is 4.17. The molecule has 0 bridgehead atoms. The Morgan fingerprint density at radius 2 is 1.89 bits per heavy atom. The van der Waals surface area contributed by atoms with E-state index in [1.54, 1.807) is 24.3 Å². The van der Waals surface area contributed by atoms with Crippen LogP contribution >= 0.6 is 22.9 Å². The SMILES string of the molecule is CCOc1cc(/C=C2/N=C(Cc3ccccc3)OC2=O)ccc1OC(=O)c1sc2cc(C)ccc2c1Cl. The zero-order chi connectivity index (χ0) is 25.9. The number of fused-ring (bicyclic) bond motifs is 1. The first-order valence-electron chi connectivity index (χ1n) is 11.6. The molecule has 4 aromatic rings. The molecule has 6 nitrogen and oxygen atoms in total. The first-order chi connectivity index (χ1) is 17.9. The molecule has 0 unspecified atom stereocenters. The predicted molar refractivity (Wildman–Crippen MR) is 146 cm³/mol. The van der Waals surface area contributed by atoms with Crippen molar-refractivity contribution < 1.29 is 23.8 Å². The second-order valence-corrected chi connectivity index (χ2v) is 9.79. The second kappa shape index (κ2) is 10.6. The van der Waals surface area contributed by atoms with Crippen LogP contribution in [0.1, 0.15) is 33.3 Å². The molecule has 2 heterocycles. The van der Waals surface area contributed by atoms with E-state index in [-0.39, 0.29) is 11.4 Å². The van der Waals surface area contributed by atoms with Crippen molar-refractivity contribution in [1.82, 2.24) is 0 Å². The molecule has 0 amide bonds. The molecular formula is C29H22ClNO5S. The van der Waals surface area contributed by atoms with Crippen molar-refractivity contribution in [2.45, 2.75) is 20.3 Å². The lowest BCUT2D eigenvalue weighted by atomic mass is 10.1. The molecule has 0 N–H and O–H groups in total. The number of nitrogens with zero attached hydrogens (tertiary/aromatic N) is 1. The molecule has 186 valence electrons. The minimum Gasteiger partial charge on any atom is -0.490 e. The Balaban J connectivity index is 1.38. The van der Waals surface area contributed by atoms with Gasteiger partial charge >= 0.3 is 11.9 Å². The summed E-state index contributed by atoms with van der Waals surface area (Å²) in [5.74, 6) is -0.132. The average Bonchev–Trinajstić information content (AvgIpc) is 3.39. The van der Waals surface area contributed by atoms with Crippen LogP contribution in [0.3, 0.4) is 0 Å². The number of hydrogen-bond acceptors (Lipinski definition) is 7. The summed E-state index contributed by atoms with van der Waals surface area (Å²) in [5.41, 5.74) is 2.91. The van der Waals surface area contributed by atoms with Crippen LogP contribution in [0.2, 0.25) is 5.02 Å². The average molecular weight is 532 g/mol. The van der Waals surface area contributed by atoms with Gasteiger partial charge in [-0.25, -0.2) is 14.6 Å². The van der Waals surface area contributed by atoms with E-state index in [2.05, 4.69) is 4.99 Å². The Labute approximate surface area is 222 Å². The minimum absolute atomic E-state index is 0.186. The number of hydrogen-bond donors (Lipinski definition) is 0. The van der Waals surface area contributed by atoms with Crippen molar-refractivity contribution in [2.75, 3.05) is 6.61 Å². The Morgan fingerprint density at radius 3 is 2.68 bits per heavy atom. The van der Waals surface area contributed by atoms with Gasteiger partial charge in [-0.15, -0.1) is 11.3 Å². The largest absolute Gasteiger partial charge is 0.490 e. The maximum Gasteiger partial charge on any atom is 0.363 e. The van der Waals surface area contributed by atoms with Crippen molar-refractivity contribution in [3.8, 4) is 11.5 Å². The van der Waals surface area contributed by atoms with Gasteiger partial charge in [-0.1, -0.05) is 60.1 Å². The van der Waals surface area contributed by atoms with Crippen LogP contribution in [0.25, 0.3) is 16.2 Å². The number of aryl methyl sites for hydroxylation is 1. The molecule has 0 saturated carbocycles. The highest BCUT2D eigenvalue weighted by atomic mass is 35.5. The molecule has 0 spiro atoms. The number of ether oxygens (including phenoxy) is 3. The fourth-order valence-corrected chi connectivity index (χ4v) is 5.36. The molecular weight excluding hydrogens is 510 g/mol. The maximum atomic E-state index is 13.0. The van der Waals surface area contributed by atoms with Gasteiger partial charge < -0.3 is 14.2 Å². The van der Waals surface area contributed by atoms with Gasteiger partial charge in [0, 0.05) is 16.5 Å². The first-order valence-corrected chi connectivity index (χ1v) is 12.8.